The zero-order chi connectivity index (χ0) is 16.1. The summed E-state index contributed by atoms with van der Waals surface area (Å²) in [4.78, 5) is 0. The molecule has 2 rings (SSSR count). The average Bonchev–Trinajstić information content (AvgIpc) is 2.49. The Bertz CT molecular complexity index is 612. The predicted octanol–water partition coefficient (Wildman–Crippen LogP) is 1.62. The van der Waals surface area contributed by atoms with Crippen LogP contribution in [-0.4, -0.2) is 27.0 Å². The Kier molecular flexibility index (Phi) is 5.51. The second-order valence-electron chi connectivity index (χ2n) is 5.17. The van der Waals surface area contributed by atoms with Gasteiger partial charge in [-0.2, -0.15) is 0 Å². The second kappa shape index (κ2) is 7.38. The van der Waals surface area contributed by atoms with Crippen molar-refractivity contribution in [2.45, 2.75) is 25.9 Å². The van der Waals surface area contributed by atoms with E-state index in [9.17, 15) is 20.4 Å². The zero-order valence-electron chi connectivity index (χ0n) is 12.4. The van der Waals surface area contributed by atoms with Gasteiger partial charge < -0.3 is 25.7 Å². The van der Waals surface area contributed by atoms with Gasteiger partial charge in [-0.15, -0.1) is 0 Å². The van der Waals surface area contributed by atoms with E-state index in [1.54, 1.807) is 6.07 Å². The Morgan fingerprint density at radius 1 is 0.909 bits per heavy atom. The van der Waals surface area contributed by atoms with Gasteiger partial charge in [-0.05, 0) is 24.5 Å². The lowest BCUT2D eigenvalue weighted by molar-refractivity contribution is -0.0630. The molecular formula is C17H21NO4. The molecule has 0 bridgehead atoms. The Morgan fingerprint density at radius 3 is 2.18 bits per heavy atom. The third-order valence-electron chi connectivity index (χ3n) is 3.58. The summed E-state index contributed by atoms with van der Waals surface area (Å²) in [5.74, 6) is 0. The molecule has 0 atom stereocenters. The molecule has 0 aliphatic heterocycles. The van der Waals surface area contributed by atoms with Gasteiger partial charge in [-0.25, -0.2) is 0 Å². The minimum atomic E-state index is -1.78. The molecule has 0 heterocycles. The van der Waals surface area contributed by atoms with Gasteiger partial charge in [0.05, 0.1) is 0 Å². The molecule has 0 spiro atoms. The van der Waals surface area contributed by atoms with Crippen LogP contribution in [0.5, 0.6) is 0 Å². The van der Waals surface area contributed by atoms with Crippen LogP contribution in [0, 0.1) is 6.92 Å². The Labute approximate surface area is 129 Å². The van der Waals surface area contributed by atoms with Crippen LogP contribution in [-0.2, 0) is 6.42 Å². The number of rotatable bonds is 6. The van der Waals surface area contributed by atoms with Crippen molar-refractivity contribution in [1.82, 2.24) is 0 Å². The lowest BCUT2D eigenvalue weighted by Crippen LogP contribution is -2.14. The maximum atomic E-state index is 9.57. The molecule has 2 aromatic carbocycles. The van der Waals surface area contributed by atoms with Crippen LogP contribution in [0.15, 0.2) is 42.5 Å². The first-order valence-corrected chi connectivity index (χ1v) is 7.14. The fraction of sp³-hybridized carbons (Fsp3) is 0.294. The summed E-state index contributed by atoms with van der Waals surface area (Å²) in [5.41, 5.74) is 2.68. The van der Waals surface area contributed by atoms with Gasteiger partial charge in [0.2, 0.25) is 0 Å². The molecule has 0 fully saturated rings. The van der Waals surface area contributed by atoms with E-state index in [1.807, 2.05) is 37.3 Å². The fourth-order valence-corrected chi connectivity index (χ4v) is 2.46. The highest BCUT2D eigenvalue weighted by molar-refractivity contribution is 5.61. The number of hydrogen-bond donors (Lipinski definition) is 5. The monoisotopic (exact) mass is 303 g/mol. The lowest BCUT2D eigenvalue weighted by atomic mass is 10.00. The minimum absolute atomic E-state index is 0.0859. The highest BCUT2D eigenvalue weighted by Gasteiger charge is 2.20. The van der Waals surface area contributed by atoms with Crippen molar-refractivity contribution in [3.05, 3.63) is 64.7 Å². The summed E-state index contributed by atoms with van der Waals surface area (Å²) in [6, 6.07) is 13.1. The number of hydrogen-bond acceptors (Lipinski definition) is 5. The number of aryl methyl sites for hydroxylation is 1. The van der Waals surface area contributed by atoms with Crippen LogP contribution in [0.2, 0.25) is 0 Å². The van der Waals surface area contributed by atoms with Crippen LogP contribution in [0.4, 0.5) is 5.69 Å². The number of benzene rings is 2. The Hall–Kier alpha value is -1.92. The largest absolute Gasteiger partial charge is 0.384 e. The standard InChI is InChI=1S/C17H21NO4/c1-11-7-8-13(16(19)20)14(17(21)22)15(11)18-10-9-12-5-3-2-4-6-12/h2-8,16-22H,9-10H2,1H3. The van der Waals surface area contributed by atoms with E-state index in [-0.39, 0.29) is 11.1 Å². The van der Waals surface area contributed by atoms with Gasteiger partial charge >= 0.3 is 0 Å². The first-order valence-electron chi connectivity index (χ1n) is 7.14. The molecule has 5 nitrogen and oxygen atoms in total. The van der Waals surface area contributed by atoms with Crippen molar-refractivity contribution < 1.29 is 20.4 Å². The smallest absolute Gasteiger partial charge is 0.180 e. The van der Waals surface area contributed by atoms with Gasteiger partial charge in [0.25, 0.3) is 0 Å². The molecule has 118 valence electrons. The van der Waals surface area contributed by atoms with Crippen molar-refractivity contribution in [2.75, 3.05) is 11.9 Å². The molecule has 0 radical (unpaired) electrons. The SMILES string of the molecule is Cc1ccc(C(O)O)c(C(O)O)c1NCCc1ccccc1. The zero-order valence-corrected chi connectivity index (χ0v) is 12.4. The molecule has 22 heavy (non-hydrogen) atoms. The number of aliphatic hydroxyl groups excluding tert-OH is 2. The van der Waals surface area contributed by atoms with Crippen LogP contribution in [0.3, 0.4) is 0 Å². The Balaban J connectivity index is 2.20. The number of anilines is 1. The van der Waals surface area contributed by atoms with Gasteiger partial charge in [0.15, 0.2) is 12.6 Å². The van der Waals surface area contributed by atoms with Crippen LogP contribution in [0.25, 0.3) is 0 Å². The molecule has 0 unspecified atom stereocenters. The van der Waals surface area contributed by atoms with Gasteiger partial charge in [-0.1, -0.05) is 42.5 Å². The van der Waals surface area contributed by atoms with Crippen molar-refractivity contribution in [1.29, 1.82) is 0 Å². The summed E-state index contributed by atoms with van der Waals surface area (Å²) in [7, 11) is 0. The fourth-order valence-electron chi connectivity index (χ4n) is 2.46. The molecule has 0 aliphatic rings. The number of aliphatic hydroxyl groups is 4. The molecular weight excluding hydrogens is 282 g/mol. The van der Waals surface area contributed by atoms with Crippen molar-refractivity contribution >= 4 is 5.69 Å². The van der Waals surface area contributed by atoms with Crippen LogP contribution < -0.4 is 5.32 Å². The lowest BCUT2D eigenvalue weighted by Gasteiger charge is -2.20. The van der Waals surface area contributed by atoms with Crippen LogP contribution >= 0.6 is 0 Å². The van der Waals surface area contributed by atoms with E-state index in [4.69, 9.17) is 0 Å². The van der Waals surface area contributed by atoms with E-state index < -0.39 is 12.6 Å². The van der Waals surface area contributed by atoms with E-state index in [1.165, 1.54) is 6.07 Å². The maximum absolute atomic E-state index is 9.57. The molecule has 0 saturated carbocycles. The average molecular weight is 303 g/mol. The molecule has 5 heteroatoms. The molecule has 5 N–H and O–H groups in total. The third-order valence-corrected chi connectivity index (χ3v) is 3.58. The predicted molar refractivity (Wildman–Crippen MR) is 84.2 cm³/mol. The first kappa shape index (κ1) is 16.5. The van der Waals surface area contributed by atoms with Crippen LogP contribution in [0.1, 0.15) is 34.8 Å². The van der Waals surface area contributed by atoms with E-state index >= 15 is 0 Å². The highest BCUT2D eigenvalue weighted by atomic mass is 16.5. The third kappa shape index (κ3) is 3.84. The van der Waals surface area contributed by atoms with E-state index in [2.05, 4.69) is 5.32 Å². The molecule has 0 amide bonds. The summed E-state index contributed by atoms with van der Waals surface area (Å²) >= 11 is 0. The van der Waals surface area contributed by atoms with Crippen molar-refractivity contribution in [3.8, 4) is 0 Å². The molecule has 2 aromatic rings. The van der Waals surface area contributed by atoms with E-state index in [0.29, 0.717) is 12.2 Å². The highest BCUT2D eigenvalue weighted by Crippen LogP contribution is 2.32. The first-order chi connectivity index (χ1) is 10.5. The normalized spacial score (nSPS) is 11.2. The van der Waals surface area contributed by atoms with Gasteiger partial charge in [0, 0.05) is 23.4 Å². The minimum Gasteiger partial charge on any atom is -0.384 e. The summed E-state index contributed by atoms with van der Waals surface area (Å²) in [5, 5.41) is 41.1. The summed E-state index contributed by atoms with van der Waals surface area (Å²) < 4.78 is 0. The topological polar surface area (TPSA) is 93.0 Å². The molecule has 0 aliphatic carbocycles. The number of nitrogens with one attached hydrogen (secondary N) is 1. The summed E-state index contributed by atoms with van der Waals surface area (Å²) in [6.07, 6.45) is -2.77. The van der Waals surface area contributed by atoms with Crippen molar-refractivity contribution in [3.63, 3.8) is 0 Å². The second-order valence-corrected chi connectivity index (χ2v) is 5.17. The molecule has 0 saturated heterocycles. The Morgan fingerprint density at radius 2 is 1.59 bits per heavy atom. The maximum Gasteiger partial charge on any atom is 0.180 e. The van der Waals surface area contributed by atoms with Crippen molar-refractivity contribution in [2.24, 2.45) is 0 Å². The van der Waals surface area contributed by atoms with Gasteiger partial charge in [-0.3, -0.25) is 0 Å². The molecule has 0 aromatic heterocycles. The van der Waals surface area contributed by atoms with Gasteiger partial charge in [0.1, 0.15) is 0 Å². The quantitative estimate of drug-likeness (QED) is 0.523. The summed E-state index contributed by atoms with van der Waals surface area (Å²) in [6.45, 7) is 2.42. The van der Waals surface area contributed by atoms with E-state index in [0.717, 1.165) is 17.5 Å².